The first-order valence-electron chi connectivity index (χ1n) is 9.56. The topological polar surface area (TPSA) is 85.4 Å². The number of fused-ring (bicyclic) bond motifs is 1. The van der Waals surface area contributed by atoms with Gasteiger partial charge in [-0.15, -0.1) is 0 Å². The van der Waals surface area contributed by atoms with E-state index >= 15 is 0 Å². The monoisotopic (exact) mass is 419 g/mol. The number of aromatic nitrogens is 4. The summed E-state index contributed by atoms with van der Waals surface area (Å²) in [5, 5.41) is 7.20. The number of H-pyrrole nitrogens is 1. The molecule has 8 nitrogen and oxygen atoms in total. The molecule has 0 spiro atoms. The Hall–Kier alpha value is -4.14. The molecule has 1 aliphatic rings. The van der Waals surface area contributed by atoms with E-state index in [0.717, 1.165) is 17.0 Å². The number of hydrogen-bond donors (Lipinski definition) is 1. The lowest BCUT2D eigenvalue weighted by Gasteiger charge is -2.20. The van der Waals surface area contributed by atoms with E-state index in [1.165, 1.54) is 12.1 Å². The predicted molar refractivity (Wildman–Crippen MR) is 111 cm³/mol. The standard InChI is InChI=1S/C22H18FN5O3/c1-28(15-6-9-18-19(11-15)31-13-30-18)22-17(3-2-10-24-22)21-25-20(26-27-21)12-29-16-7-4-14(23)5-8-16/h2-11H,12-13H2,1H3,(H,25,26,27). The molecule has 3 heterocycles. The van der Waals surface area contributed by atoms with E-state index in [-0.39, 0.29) is 19.2 Å². The van der Waals surface area contributed by atoms with Gasteiger partial charge in [0.25, 0.3) is 0 Å². The summed E-state index contributed by atoms with van der Waals surface area (Å²) in [6, 6.07) is 15.3. The van der Waals surface area contributed by atoms with Gasteiger partial charge in [0.1, 0.15) is 24.0 Å². The van der Waals surface area contributed by atoms with E-state index in [9.17, 15) is 4.39 Å². The van der Waals surface area contributed by atoms with Crippen molar-refractivity contribution in [2.24, 2.45) is 0 Å². The van der Waals surface area contributed by atoms with Gasteiger partial charge in [-0.2, -0.15) is 5.10 Å². The Balaban J connectivity index is 1.37. The molecule has 1 aliphatic heterocycles. The third-order valence-electron chi connectivity index (χ3n) is 4.81. The van der Waals surface area contributed by atoms with Crippen LogP contribution in [0, 0.1) is 5.82 Å². The second-order valence-electron chi connectivity index (χ2n) is 6.82. The Morgan fingerprint density at radius 1 is 1.10 bits per heavy atom. The third-order valence-corrected chi connectivity index (χ3v) is 4.81. The molecule has 0 aliphatic carbocycles. The minimum absolute atomic E-state index is 0.173. The van der Waals surface area contributed by atoms with Crippen LogP contribution in [0.4, 0.5) is 15.9 Å². The van der Waals surface area contributed by atoms with Gasteiger partial charge in [0.2, 0.25) is 6.79 Å². The minimum Gasteiger partial charge on any atom is -0.486 e. The summed E-state index contributed by atoms with van der Waals surface area (Å²) < 4.78 is 29.5. The lowest BCUT2D eigenvalue weighted by atomic mass is 10.2. The highest BCUT2D eigenvalue weighted by Crippen LogP contribution is 2.38. The molecular formula is C22H18FN5O3. The number of halogens is 1. The Labute approximate surface area is 177 Å². The Kier molecular flexibility index (Phi) is 4.83. The number of pyridine rings is 1. The van der Waals surface area contributed by atoms with Crippen LogP contribution in [-0.2, 0) is 6.61 Å². The minimum atomic E-state index is -0.315. The summed E-state index contributed by atoms with van der Waals surface area (Å²) in [4.78, 5) is 11.0. The van der Waals surface area contributed by atoms with E-state index in [4.69, 9.17) is 14.2 Å². The summed E-state index contributed by atoms with van der Waals surface area (Å²) in [5.74, 6) is 3.37. The lowest BCUT2D eigenvalue weighted by molar-refractivity contribution is 0.174. The highest BCUT2D eigenvalue weighted by molar-refractivity contribution is 5.76. The molecule has 2 aromatic heterocycles. The van der Waals surface area contributed by atoms with Crippen LogP contribution in [0.1, 0.15) is 5.82 Å². The van der Waals surface area contributed by atoms with Crippen LogP contribution >= 0.6 is 0 Å². The number of nitrogens with one attached hydrogen (secondary N) is 1. The highest BCUT2D eigenvalue weighted by Gasteiger charge is 2.19. The van der Waals surface area contributed by atoms with Crippen molar-refractivity contribution < 1.29 is 18.6 Å². The van der Waals surface area contributed by atoms with Gasteiger partial charge in [-0.1, -0.05) is 0 Å². The molecule has 4 aromatic rings. The maximum atomic E-state index is 13.0. The average molecular weight is 419 g/mol. The Bertz CT molecular complexity index is 1210. The first-order valence-corrected chi connectivity index (χ1v) is 9.56. The van der Waals surface area contributed by atoms with Gasteiger partial charge < -0.3 is 19.1 Å². The van der Waals surface area contributed by atoms with Gasteiger partial charge in [0.15, 0.2) is 23.1 Å². The van der Waals surface area contributed by atoms with Crippen LogP contribution in [0.2, 0.25) is 0 Å². The third kappa shape index (κ3) is 3.85. The van der Waals surface area contributed by atoms with Crippen molar-refractivity contribution in [1.29, 1.82) is 0 Å². The van der Waals surface area contributed by atoms with E-state index in [1.807, 2.05) is 42.3 Å². The van der Waals surface area contributed by atoms with Gasteiger partial charge in [0, 0.05) is 25.0 Å². The molecule has 0 radical (unpaired) electrons. The summed E-state index contributed by atoms with van der Waals surface area (Å²) >= 11 is 0. The normalized spacial score (nSPS) is 12.1. The molecule has 0 fully saturated rings. The molecule has 0 saturated heterocycles. The van der Waals surface area contributed by atoms with Crippen LogP contribution < -0.4 is 19.1 Å². The van der Waals surface area contributed by atoms with Gasteiger partial charge in [-0.05, 0) is 48.5 Å². The smallest absolute Gasteiger partial charge is 0.231 e. The molecule has 5 rings (SSSR count). The fraction of sp³-hybridized carbons (Fsp3) is 0.136. The Morgan fingerprint density at radius 3 is 2.81 bits per heavy atom. The maximum Gasteiger partial charge on any atom is 0.231 e. The van der Waals surface area contributed by atoms with Crippen molar-refractivity contribution in [2.75, 3.05) is 18.7 Å². The summed E-state index contributed by atoms with van der Waals surface area (Å²) in [6.45, 7) is 0.392. The number of benzene rings is 2. The van der Waals surface area contributed by atoms with Crippen LogP contribution in [0.5, 0.6) is 17.2 Å². The van der Waals surface area contributed by atoms with Crippen molar-refractivity contribution in [3.05, 3.63) is 72.4 Å². The van der Waals surface area contributed by atoms with Gasteiger partial charge in [-0.3, -0.25) is 5.10 Å². The van der Waals surface area contributed by atoms with Gasteiger partial charge in [-0.25, -0.2) is 14.4 Å². The zero-order valence-corrected chi connectivity index (χ0v) is 16.6. The van der Waals surface area contributed by atoms with Crippen molar-refractivity contribution in [1.82, 2.24) is 20.2 Å². The number of nitrogens with zero attached hydrogens (tertiary/aromatic N) is 4. The summed E-state index contributed by atoms with van der Waals surface area (Å²) in [7, 11) is 1.91. The molecule has 9 heteroatoms. The van der Waals surface area contributed by atoms with Crippen LogP contribution in [0.25, 0.3) is 11.4 Å². The molecule has 0 atom stereocenters. The lowest BCUT2D eigenvalue weighted by Crippen LogP contribution is -2.12. The van der Waals surface area contributed by atoms with Crippen molar-refractivity contribution in [3.63, 3.8) is 0 Å². The second-order valence-corrected chi connectivity index (χ2v) is 6.82. The van der Waals surface area contributed by atoms with Gasteiger partial charge >= 0.3 is 0 Å². The molecule has 0 amide bonds. The number of rotatable bonds is 6. The molecule has 0 unspecified atom stereocenters. The zero-order chi connectivity index (χ0) is 21.2. The van der Waals surface area contributed by atoms with E-state index in [1.54, 1.807) is 18.3 Å². The average Bonchev–Trinajstić information content (AvgIpc) is 3.47. The van der Waals surface area contributed by atoms with Crippen LogP contribution in [0.15, 0.2) is 60.8 Å². The first-order chi connectivity index (χ1) is 15.2. The largest absolute Gasteiger partial charge is 0.486 e. The number of anilines is 2. The predicted octanol–water partition coefficient (Wildman–Crippen LogP) is 4.08. The second kappa shape index (κ2) is 7.94. The fourth-order valence-electron chi connectivity index (χ4n) is 3.22. The molecule has 31 heavy (non-hydrogen) atoms. The Morgan fingerprint density at radius 2 is 1.94 bits per heavy atom. The summed E-state index contributed by atoms with van der Waals surface area (Å²) in [5.41, 5.74) is 1.64. The van der Waals surface area contributed by atoms with Crippen molar-refractivity contribution in [2.45, 2.75) is 6.61 Å². The van der Waals surface area contributed by atoms with Crippen molar-refractivity contribution >= 4 is 11.5 Å². The van der Waals surface area contributed by atoms with Crippen LogP contribution in [0.3, 0.4) is 0 Å². The quantitative estimate of drug-likeness (QED) is 0.504. The SMILES string of the molecule is CN(c1ccc2c(c1)OCO2)c1ncccc1-c1n[nH]c(COc2ccc(F)cc2)n1. The molecule has 1 N–H and O–H groups in total. The molecule has 156 valence electrons. The zero-order valence-electron chi connectivity index (χ0n) is 16.6. The maximum absolute atomic E-state index is 13.0. The highest BCUT2D eigenvalue weighted by atomic mass is 19.1. The fourth-order valence-corrected chi connectivity index (χ4v) is 3.22. The van der Waals surface area contributed by atoms with Crippen molar-refractivity contribution in [3.8, 4) is 28.6 Å². The number of hydrogen-bond acceptors (Lipinski definition) is 7. The van der Waals surface area contributed by atoms with E-state index < -0.39 is 0 Å². The molecule has 0 saturated carbocycles. The molecule has 2 aromatic carbocycles. The summed E-state index contributed by atoms with van der Waals surface area (Å²) in [6.07, 6.45) is 1.72. The molecular weight excluding hydrogens is 401 g/mol. The first kappa shape index (κ1) is 18.9. The van der Waals surface area contributed by atoms with E-state index in [0.29, 0.717) is 29.0 Å². The number of aromatic amines is 1. The molecule has 0 bridgehead atoms. The van der Waals surface area contributed by atoms with Gasteiger partial charge in [0.05, 0.1) is 5.56 Å². The van der Waals surface area contributed by atoms with Crippen LogP contribution in [-0.4, -0.2) is 34.0 Å². The van der Waals surface area contributed by atoms with E-state index in [2.05, 4.69) is 20.2 Å². The number of ether oxygens (including phenoxy) is 3.